The van der Waals surface area contributed by atoms with Crippen LogP contribution in [0, 0.1) is 0 Å². The van der Waals surface area contributed by atoms with Crippen molar-refractivity contribution in [3.63, 3.8) is 0 Å². The van der Waals surface area contributed by atoms with E-state index in [-0.39, 0.29) is 78.6 Å². The van der Waals surface area contributed by atoms with Gasteiger partial charge in [-0.25, -0.2) is 0 Å². The lowest BCUT2D eigenvalue weighted by Gasteiger charge is -2.37. The Morgan fingerprint density at radius 2 is 0.973 bits per heavy atom. The summed E-state index contributed by atoms with van der Waals surface area (Å²) in [7, 11) is 0. The Labute approximate surface area is 437 Å². The number of rotatable bonds is 18. The third-order valence-electron chi connectivity index (χ3n) is 11.7. The molecule has 5 aromatic rings. The quantitative estimate of drug-likeness (QED) is 0.0658. The first-order valence-electron chi connectivity index (χ1n) is 24.6. The molecule has 0 N–H and O–H groups in total. The van der Waals surface area contributed by atoms with Crippen molar-refractivity contribution in [3.8, 4) is 5.75 Å². The first-order chi connectivity index (χ1) is 34.8. The molecule has 16 nitrogen and oxygen atoms in total. The second-order valence-electron chi connectivity index (χ2n) is 19.9. The van der Waals surface area contributed by atoms with Crippen LogP contribution in [-0.4, -0.2) is 123 Å². The second-order valence-corrected chi connectivity index (χ2v) is 20.7. The summed E-state index contributed by atoms with van der Waals surface area (Å²) in [5.41, 5.74) is 0.735. The first kappa shape index (κ1) is 56.3. The number of pyridine rings is 2. The fourth-order valence-electron chi connectivity index (χ4n) is 8.16. The summed E-state index contributed by atoms with van der Waals surface area (Å²) >= 11 is 12.7. The largest absolute Gasteiger partial charge is 0.459 e. The summed E-state index contributed by atoms with van der Waals surface area (Å²) in [6.45, 7) is 14.7. The van der Waals surface area contributed by atoms with Crippen molar-refractivity contribution in [3.05, 3.63) is 169 Å². The zero-order chi connectivity index (χ0) is 52.5. The van der Waals surface area contributed by atoms with E-state index in [1.165, 1.54) is 21.6 Å². The van der Waals surface area contributed by atoms with Gasteiger partial charge in [0.25, 0.3) is 11.1 Å². The van der Waals surface area contributed by atoms with Crippen molar-refractivity contribution in [1.82, 2.24) is 29.1 Å². The lowest BCUT2D eigenvalue weighted by molar-refractivity contribution is -0.162. The van der Waals surface area contributed by atoms with Crippen LogP contribution in [0.1, 0.15) is 76.9 Å². The Bertz CT molecular complexity index is 2570. The van der Waals surface area contributed by atoms with Crippen LogP contribution in [0.3, 0.4) is 0 Å². The Balaban J connectivity index is 1.35. The summed E-state index contributed by atoms with van der Waals surface area (Å²) < 4.78 is 20.2. The van der Waals surface area contributed by atoms with E-state index in [1.54, 1.807) is 51.1 Å². The third-order valence-corrected chi connectivity index (χ3v) is 12.3. The van der Waals surface area contributed by atoms with Crippen molar-refractivity contribution in [2.45, 2.75) is 97.9 Å². The van der Waals surface area contributed by atoms with Crippen molar-refractivity contribution < 1.29 is 38.3 Å². The molecule has 3 aromatic carbocycles. The number of halogens is 2. The number of hydrogen-bond donors (Lipinski definition) is 0. The van der Waals surface area contributed by atoms with E-state index >= 15 is 0 Å². The number of carbonyl (C=O) groups is 3. The van der Waals surface area contributed by atoms with E-state index in [1.807, 2.05) is 103 Å². The smallest absolute Gasteiger partial charge is 0.323 e. The molecule has 1 atom stereocenters. The lowest BCUT2D eigenvalue weighted by atomic mass is 10.1. The highest BCUT2D eigenvalue weighted by molar-refractivity contribution is 6.37. The first-order valence-corrected chi connectivity index (χ1v) is 25.3. The maximum Gasteiger partial charge on any atom is 0.323 e. The molecule has 0 amide bonds. The highest BCUT2D eigenvalue weighted by Gasteiger charge is 2.33. The van der Waals surface area contributed by atoms with Gasteiger partial charge < -0.3 is 23.9 Å². The molecule has 6 rings (SSSR count). The van der Waals surface area contributed by atoms with E-state index in [0.717, 1.165) is 11.1 Å². The van der Waals surface area contributed by atoms with Gasteiger partial charge >= 0.3 is 17.9 Å². The van der Waals surface area contributed by atoms with Gasteiger partial charge in [-0.15, -0.1) is 9.46 Å². The Hall–Kier alpha value is -6.01. The second kappa shape index (κ2) is 26.8. The Morgan fingerprint density at radius 3 is 1.44 bits per heavy atom. The number of para-hydroxylation sites is 1. The fourth-order valence-corrected chi connectivity index (χ4v) is 8.64. The van der Waals surface area contributed by atoms with Crippen molar-refractivity contribution in [2.24, 2.45) is 0 Å². The predicted octanol–water partition coefficient (Wildman–Crippen LogP) is 6.93. The highest BCUT2D eigenvalue weighted by atomic mass is 35.5. The summed E-state index contributed by atoms with van der Waals surface area (Å²) in [5.74, 6) is -1.51. The van der Waals surface area contributed by atoms with Gasteiger partial charge in [-0.3, -0.25) is 43.6 Å². The third kappa shape index (κ3) is 18.5. The molecule has 2 aromatic heterocycles. The molecule has 1 aliphatic rings. The number of nitrogens with zero attached hydrogens (tertiary/aromatic N) is 6. The van der Waals surface area contributed by atoms with Crippen LogP contribution in [0.5, 0.6) is 5.75 Å². The van der Waals surface area contributed by atoms with Gasteiger partial charge in [0.15, 0.2) is 5.75 Å². The number of aromatic nitrogens is 2. The van der Waals surface area contributed by atoms with E-state index in [2.05, 4.69) is 9.80 Å². The molecule has 0 saturated carbocycles. The minimum atomic E-state index is -0.933. The van der Waals surface area contributed by atoms with Gasteiger partial charge in [0.1, 0.15) is 30.5 Å². The van der Waals surface area contributed by atoms with E-state index in [4.69, 9.17) is 47.1 Å². The van der Waals surface area contributed by atoms with Crippen LogP contribution in [0.4, 0.5) is 0 Å². The number of hydrogen-bond acceptors (Lipinski definition) is 14. The van der Waals surface area contributed by atoms with Gasteiger partial charge in [-0.2, -0.15) is 0 Å². The highest BCUT2D eigenvalue weighted by Crippen LogP contribution is 2.33. The fraction of sp³-hybridized carbons (Fsp3) is 0.436. The van der Waals surface area contributed by atoms with Gasteiger partial charge in [0.05, 0.1) is 28.0 Å². The van der Waals surface area contributed by atoms with Gasteiger partial charge in [0.2, 0.25) is 0 Å². The summed E-state index contributed by atoms with van der Waals surface area (Å²) in [6.07, 6.45) is -0.157. The molecule has 0 spiro atoms. The standard InChI is InChI=1S/C55H68Cl2N6O10/c1-54(2,3)72-51(67)38-60-30-28-58(36-43-20-13-24-48(64)62(43)69-39-41-16-9-7-10-17-41)32-34-61(47(53(68)73-55(4,5)6)26-27-50(66)71-52-45(56)22-15-23-46(52)57)35-33-59(29-31-60)37-44-21-14-25-49(65)63(44)70-40-42-18-11-8-12-19-42/h7-25,47H,26-40H2,1-6H3. The SMILES string of the molecule is CC(C)(C)OC(=O)CN1CCN(Cc2cccc(=O)n2OCc2ccccc2)CCN(C(CCC(=O)Oc2c(Cl)cccc2Cl)C(=O)OC(C)(C)C)CCN(Cc2cccc(=O)n2OCc2ccccc2)CC1. The van der Waals surface area contributed by atoms with Crippen LogP contribution in [0.25, 0.3) is 0 Å². The summed E-state index contributed by atoms with van der Waals surface area (Å²) in [6, 6.07) is 32.9. The van der Waals surface area contributed by atoms with Crippen molar-refractivity contribution in [1.29, 1.82) is 0 Å². The molecule has 0 radical (unpaired) electrons. The molecule has 1 unspecified atom stereocenters. The average molecular weight is 1040 g/mol. The molecule has 1 saturated heterocycles. The van der Waals surface area contributed by atoms with Crippen LogP contribution >= 0.6 is 23.2 Å². The van der Waals surface area contributed by atoms with Crippen molar-refractivity contribution in [2.75, 3.05) is 58.9 Å². The molecule has 0 aliphatic carbocycles. The van der Waals surface area contributed by atoms with Crippen molar-refractivity contribution >= 4 is 41.1 Å². The number of esters is 3. The van der Waals surface area contributed by atoms with E-state index in [0.29, 0.717) is 63.7 Å². The van der Waals surface area contributed by atoms with Crippen LogP contribution < -0.4 is 25.5 Å². The molecular formula is C55H68Cl2N6O10. The van der Waals surface area contributed by atoms with E-state index in [9.17, 15) is 24.0 Å². The van der Waals surface area contributed by atoms with Gasteiger partial charge in [-0.05, 0) is 83.4 Å². The molecule has 3 heterocycles. The van der Waals surface area contributed by atoms with Gasteiger partial charge in [0, 0.05) is 84.0 Å². The average Bonchev–Trinajstić information content (AvgIpc) is 3.32. The van der Waals surface area contributed by atoms with Crippen LogP contribution in [-0.2, 0) is 50.2 Å². The topological polar surface area (TPSA) is 154 Å². The summed E-state index contributed by atoms with van der Waals surface area (Å²) in [5, 5.41) is 0.335. The zero-order valence-corrected chi connectivity index (χ0v) is 44.2. The number of carbonyl (C=O) groups excluding carboxylic acids is 3. The molecule has 1 aliphatic heterocycles. The van der Waals surface area contributed by atoms with E-state index < -0.39 is 29.2 Å². The molecule has 73 heavy (non-hydrogen) atoms. The summed E-state index contributed by atoms with van der Waals surface area (Å²) in [4.78, 5) is 89.1. The maximum atomic E-state index is 14.5. The molecule has 1 fully saturated rings. The lowest BCUT2D eigenvalue weighted by Crippen LogP contribution is -2.52. The van der Waals surface area contributed by atoms with Crippen LogP contribution in [0.15, 0.2) is 125 Å². The normalized spacial score (nSPS) is 15.3. The number of benzene rings is 3. The zero-order valence-electron chi connectivity index (χ0n) is 42.7. The predicted molar refractivity (Wildman–Crippen MR) is 280 cm³/mol. The van der Waals surface area contributed by atoms with Gasteiger partial charge in [-0.1, -0.05) is 102 Å². The molecule has 18 heteroatoms. The molecule has 0 bridgehead atoms. The molecule has 392 valence electrons. The minimum Gasteiger partial charge on any atom is -0.459 e. The number of ether oxygens (including phenoxy) is 3. The molecular weight excluding hydrogens is 976 g/mol. The maximum absolute atomic E-state index is 14.5. The monoisotopic (exact) mass is 1040 g/mol. The minimum absolute atomic E-state index is 0.00770. The Morgan fingerprint density at radius 1 is 0.534 bits per heavy atom. The van der Waals surface area contributed by atoms with Crippen LogP contribution in [0.2, 0.25) is 10.0 Å². The Kier molecular flexibility index (Phi) is 20.7.